The quantitative estimate of drug-likeness (QED) is 0.485. The van der Waals surface area contributed by atoms with Crippen LogP contribution in [0, 0.1) is 0 Å². The smallest absolute Gasteiger partial charge is 0.223 e. The average Bonchev–Trinajstić information content (AvgIpc) is 2.81. The summed E-state index contributed by atoms with van der Waals surface area (Å²) < 4.78 is 0. The number of nitrogens with zero attached hydrogens (tertiary/aromatic N) is 2. The molecule has 0 aliphatic carbocycles. The van der Waals surface area contributed by atoms with Gasteiger partial charge in [-0.15, -0.1) is 11.3 Å². The van der Waals surface area contributed by atoms with E-state index < -0.39 is 0 Å². The largest absolute Gasteiger partial charge is 0.368 e. The molecule has 17 heavy (non-hydrogen) atoms. The molecule has 2 rings (SSSR count). The Labute approximate surface area is 103 Å². The van der Waals surface area contributed by atoms with Crippen LogP contribution in [0.3, 0.4) is 0 Å². The molecule has 0 saturated heterocycles. The van der Waals surface area contributed by atoms with Gasteiger partial charge in [-0.05, 0) is 18.4 Å². The van der Waals surface area contributed by atoms with Gasteiger partial charge < -0.3 is 16.5 Å². The van der Waals surface area contributed by atoms with Gasteiger partial charge in [0.25, 0.3) is 0 Å². The standard InChI is InChI=1S/C10H14N6S/c1-6(7-3-2-4-17-7)13-8-5-9(16-12)15-10(11)14-8/h2-6H,12H2,1H3,(H4,11,13,14,15,16). The second kappa shape index (κ2) is 4.98. The number of rotatable bonds is 4. The molecule has 6 N–H and O–H groups in total. The summed E-state index contributed by atoms with van der Waals surface area (Å²) in [7, 11) is 0. The lowest BCUT2D eigenvalue weighted by molar-refractivity contribution is 0.894. The van der Waals surface area contributed by atoms with E-state index in [-0.39, 0.29) is 12.0 Å². The molecule has 0 saturated carbocycles. The molecule has 0 fully saturated rings. The zero-order valence-corrected chi connectivity index (χ0v) is 10.2. The monoisotopic (exact) mass is 250 g/mol. The van der Waals surface area contributed by atoms with Crippen molar-refractivity contribution < 1.29 is 0 Å². The van der Waals surface area contributed by atoms with Crippen LogP contribution in [-0.4, -0.2) is 9.97 Å². The summed E-state index contributed by atoms with van der Waals surface area (Å²) in [6, 6.07) is 5.95. The van der Waals surface area contributed by atoms with Crippen LogP contribution < -0.4 is 22.3 Å². The fourth-order valence-corrected chi connectivity index (χ4v) is 2.18. The number of hydrogen-bond donors (Lipinski definition) is 4. The molecule has 0 aliphatic heterocycles. The molecule has 90 valence electrons. The normalized spacial score (nSPS) is 12.1. The van der Waals surface area contributed by atoms with Crippen LogP contribution in [0.5, 0.6) is 0 Å². The van der Waals surface area contributed by atoms with E-state index in [1.807, 2.05) is 11.4 Å². The van der Waals surface area contributed by atoms with Crippen molar-refractivity contribution in [1.29, 1.82) is 0 Å². The number of nitrogen functional groups attached to an aromatic ring is 2. The minimum Gasteiger partial charge on any atom is -0.368 e. The number of hydrazine groups is 1. The van der Waals surface area contributed by atoms with Gasteiger partial charge in [-0.1, -0.05) is 6.07 Å². The number of nitrogens with two attached hydrogens (primary N) is 2. The van der Waals surface area contributed by atoms with Crippen molar-refractivity contribution >= 4 is 28.9 Å². The Morgan fingerprint density at radius 1 is 1.35 bits per heavy atom. The maximum Gasteiger partial charge on any atom is 0.223 e. The Kier molecular flexibility index (Phi) is 3.40. The van der Waals surface area contributed by atoms with Crippen LogP contribution in [0.4, 0.5) is 17.6 Å². The lowest BCUT2D eigenvalue weighted by Crippen LogP contribution is -2.13. The first-order valence-electron chi connectivity index (χ1n) is 5.10. The molecule has 2 aromatic rings. The van der Waals surface area contributed by atoms with Gasteiger partial charge in [-0.2, -0.15) is 9.97 Å². The first-order chi connectivity index (χ1) is 8.19. The van der Waals surface area contributed by atoms with E-state index in [1.165, 1.54) is 4.88 Å². The molecule has 7 heteroatoms. The van der Waals surface area contributed by atoms with E-state index in [9.17, 15) is 0 Å². The lowest BCUT2D eigenvalue weighted by Gasteiger charge is -2.13. The predicted octanol–water partition coefficient (Wildman–Crippen LogP) is 1.58. The molecular formula is C10H14N6S. The van der Waals surface area contributed by atoms with Gasteiger partial charge in [0.05, 0.1) is 6.04 Å². The summed E-state index contributed by atoms with van der Waals surface area (Å²) in [6.07, 6.45) is 0. The van der Waals surface area contributed by atoms with Crippen molar-refractivity contribution in [2.45, 2.75) is 13.0 Å². The number of hydrogen-bond acceptors (Lipinski definition) is 7. The fraction of sp³-hybridized carbons (Fsp3) is 0.200. The second-order valence-electron chi connectivity index (χ2n) is 3.52. The molecule has 0 bridgehead atoms. The molecule has 0 spiro atoms. The van der Waals surface area contributed by atoms with Crippen LogP contribution in [0.2, 0.25) is 0 Å². The molecule has 1 unspecified atom stereocenters. The highest BCUT2D eigenvalue weighted by Gasteiger charge is 2.08. The second-order valence-corrected chi connectivity index (χ2v) is 4.50. The molecular weight excluding hydrogens is 236 g/mol. The molecule has 0 radical (unpaired) electrons. The first-order valence-corrected chi connectivity index (χ1v) is 5.98. The molecule has 2 heterocycles. The van der Waals surface area contributed by atoms with Crippen molar-refractivity contribution in [3.8, 4) is 0 Å². The van der Waals surface area contributed by atoms with E-state index in [4.69, 9.17) is 11.6 Å². The van der Waals surface area contributed by atoms with Gasteiger partial charge in [-0.3, -0.25) is 0 Å². The topological polar surface area (TPSA) is 102 Å². The summed E-state index contributed by atoms with van der Waals surface area (Å²) in [6.45, 7) is 2.06. The summed E-state index contributed by atoms with van der Waals surface area (Å²) in [5.74, 6) is 6.60. The van der Waals surface area contributed by atoms with E-state index in [2.05, 4.69) is 33.7 Å². The maximum absolute atomic E-state index is 5.57. The molecule has 0 aromatic carbocycles. The van der Waals surface area contributed by atoms with Gasteiger partial charge in [0.1, 0.15) is 11.6 Å². The molecule has 2 aromatic heterocycles. The van der Waals surface area contributed by atoms with Gasteiger partial charge >= 0.3 is 0 Å². The maximum atomic E-state index is 5.57. The average molecular weight is 250 g/mol. The summed E-state index contributed by atoms with van der Waals surface area (Å²) >= 11 is 1.69. The number of anilines is 3. The van der Waals surface area contributed by atoms with E-state index in [0.29, 0.717) is 11.6 Å². The van der Waals surface area contributed by atoms with Gasteiger partial charge in [-0.25, -0.2) is 5.84 Å². The van der Waals surface area contributed by atoms with Gasteiger partial charge in [0, 0.05) is 10.9 Å². The fourth-order valence-electron chi connectivity index (χ4n) is 1.44. The Morgan fingerprint density at radius 2 is 2.12 bits per heavy atom. The highest BCUT2D eigenvalue weighted by molar-refractivity contribution is 7.10. The molecule has 0 amide bonds. The Bertz CT molecular complexity index is 484. The Balaban J connectivity index is 2.15. The minimum absolute atomic E-state index is 0.162. The van der Waals surface area contributed by atoms with Crippen LogP contribution in [0.25, 0.3) is 0 Å². The number of aromatic nitrogens is 2. The van der Waals surface area contributed by atoms with E-state index in [0.717, 1.165) is 0 Å². The summed E-state index contributed by atoms with van der Waals surface area (Å²) in [5.41, 5.74) is 8.02. The Hall–Kier alpha value is -1.86. The van der Waals surface area contributed by atoms with E-state index in [1.54, 1.807) is 17.4 Å². The zero-order valence-electron chi connectivity index (χ0n) is 9.34. The highest BCUT2D eigenvalue weighted by Crippen LogP contribution is 2.23. The van der Waals surface area contributed by atoms with Gasteiger partial charge in [0.15, 0.2) is 0 Å². The minimum atomic E-state index is 0.162. The zero-order chi connectivity index (χ0) is 12.3. The highest BCUT2D eigenvalue weighted by atomic mass is 32.1. The van der Waals surface area contributed by atoms with Crippen LogP contribution in [0.15, 0.2) is 23.6 Å². The third kappa shape index (κ3) is 2.83. The third-order valence-electron chi connectivity index (χ3n) is 2.23. The first kappa shape index (κ1) is 11.6. The predicted molar refractivity (Wildman–Crippen MR) is 70.6 cm³/mol. The van der Waals surface area contributed by atoms with Crippen molar-refractivity contribution in [3.05, 3.63) is 28.5 Å². The van der Waals surface area contributed by atoms with Gasteiger partial charge in [0.2, 0.25) is 5.95 Å². The third-order valence-corrected chi connectivity index (χ3v) is 3.28. The SMILES string of the molecule is CC(Nc1cc(NN)nc(N)n1)c1cccs1. The lowest BCUT2D eigenvalue weighted by atomic mass is 10.3. The Morgan fingerprint density at radius 3 is 2.76 bits per heavy atom. The summed E-state index contributed by atoms with van der Waals surface area (Å²) in [5, 5.41) is 5.28. The van der Waals surface area contributed by atoms with Crippen LogP contribution in [0.1, 0.15) is 17.8 Å². The summed E-state index contributed by atoms with van der Waals surface area (Å²) in [4.78, 5) is 9.24. The van der Waals surface area contributed by atoms with Crippen LogP contribution >= 0.6 is 11.3 Å². The van der Waals surface area contributed by atoms with E-state index >= 15 is 0 Å². The van der Waals surface area contributed by atoms with Crippen molar-refractivity contribution in [2.75, 3.05) is 16.5 Å². The molecule has 0 aliphatic rings. The van der Waals surface area contributed by atoms with Crippen molar-refractivity contribution in [2.24, 2.45) is 5.84 Å². The van der Waals surface area contributed by atoms with Crippen molar-refractivity contribution in [1.82, 2.24) is 9.97 Å². The van der Waals surface area contributed by atoms with Crippen molar-refractivity contribution in [3.63, 3.8) is 0 Å². The number of thiophene rings is 1. The number of nitrogens with one attached hydrogen (secondary N) is 2. The molecule has 1 atom stereocenters. The molecule has 6 nitrogen and oxygen atoms in total. The van der Waals surface area contributed by atoms with Crippen LogP contribution in [-0.2, 0) is 0 Å².